The summed E-state index contributed by atoms with van der Waals surface area (Å²) in [6.07, 6.45) is 3.79. The smallest absolute Gasteiger partial charge is 0.345 e. The van der Waals surface area contributed by atoms with Crippen LogP contribution in [0.4, 0.5) is 13.2 Å². The Balaban J connectivity index is 1.25. The largest absolute Gasteiger partial charge is 0.418 e. The van der Waals surface area contributed by atoms with E-state index in [0.717, 1.165) is 47.5 Å². The molecule has 0 bridgehead atoms. The van der Waals surface area contributed by atoms with E-state index in [4.69, 9.17) is 0 Å². The molecule has 2 aliphatic heterocycles. The van der Waals surface area contributed by atoms with Gasteiger partial charge in [0.1, 0.15) is 12.2 Å². The van der Waals surface area contributed by atoms with Crippen molar-refractivity contribution in [3.8, 4) is 5.69 Å². The Kier molecular flexibility index (Phi) is 6.12. The van der Waals surface area contributed by atoms with Gasteiger partial charge in [-0.05, 0) is 54.5 Å². The highest BCUT2D eigenvalue weighted by Gasteiger charge is 2.53. The van der Waals surface area contributed by atoms with Gasteiger partial charge in [-0.15, -0.1) is 10.2 Å². The highest BCUT2D eigenvalue weighted by molar-refractivity contribution is 5.86. The molecule has 5 heterocycles. The molecule has 2 saturated heterocycles. The zero-order chi connectivity index (χ0) is 29.4. The summed E-state index contributed by atoms with van der Waals surface area (Å²) in [5.41, 5.74) is -0.227. The number of hydrogen-bond acceptors (Lipinski definition) is 5. The van der Waals surface area contributed by atoms with Gasteiger partial charge in [-0.3, -0.25) is 18.7 Å². The summed E-state index contributed by atoms with van der Waals surface area (Å²) in [4.78, 5) is 29.9. The quantitative estimate of drug-likeness (QED) is 0.347. The summed E-state index contributed by atoms with van der Waals surface area (Å²) < 4.78 is 47.2. The molecule has 1 amide bonds. The summed E-state index contributed by atoms with van der Waals surface area (Å²) in [6.45, 7) is 1.94. The van der Waals surface area contributed by atoms with Crippen LogP contribution in [0.3, 0.4) is 0 Å². The van der Waals surface area contributed by atoms with E-state index in [1.54, 1.807) is 24.3 Å². The van der Waals surface area contributed by atoms with Gasteiger partial charge in [0.25, 0.3) is 0 Å². The van der Waals surface area contributed by atoms with Crippen LogP contribution in [0.15, 0.2) is 53.8 Å². The number of fused-ring (bicyclic) bond motifs is 1. The van der Waals surface area contributed by atoms with Crippen molar-refractivity contribution < 1.29 is 18.0 Å². The van der Waals surface area contributed by atoms with E-state index in [-0.39, 0.29) is 23.9 Å². The van der Waals surface area contributed by atoms with Gasteiger partial charge in [0, 0.05) is 58.6 Å². The number of aromatic nitrogens is 5. The highest BCUT2D eigenvalue weighted by Crippen LogP contribution is 2.43. The van der Waals surface area contributed by atoms with Crippen LogP contribution in [0.25, 0.3) is 11.2 Å². The Morgan fingerprint density at radius 3 is 2.50 bits per heavy atom. The number of carbonyl (C=O) groups excluding carboxylic acids is 1. The first kappa shape index (κ1) is 26.9. The van der Waals surface area contributed by atoms with E-state index in [1.165, 1.54) is 17.0 Å². The molecule has 1 aliphatic carbocycles. The number of imidazole rings is 1. The Hall–Kier alpha value is -3.93. The second-order valence-corrected chi connectivity index (χ2v) is 12.3. The molecule has 1 atom stereocenters. The van der Waals surface area contributed by atoms with E-state index in [1.807, 2.05) is 34.7 Å². The number of amides is 1. The fourth-order valence-corrected chi connectivity index (χ4v) is 7.06. The van der Waals surface area contributed by atoms with Crippen LogP contribution >= 0.6 is 0 Å². The zero-order valence-electron chi connectivity index (χ0n) is 23.5. The number of rotatable bonds is 6. The lowest BCUT2D eigenvalue weighted by atomic mass is 9.72. The van der Waals surface area contributed by atoms with Crippen LogP contribution in [0.1, 0.15) is 54.1 Å². The van der Waals surface area contributed by atoms with Crippen molar-refractivity contribution >= 4 is 11.4 Å². The molecule has 9 nitrogen and oxygen atoms in total. The number of nitrogens with zero attached hydrogens (tertiary/aromatic N) is 7. The number of hydrogen-bond donors (Lipinski definition) is 0. The van der Waals surface area contributed by atoms with Gasteiger partial charge in [-0.2, -0.15) is 13.2 Å². The molecule has 220 valence electrons. The summed E-state index contributed by atoms with van der Waals surface area (Å²) >= 11 is 0. The maximum Gasteiger partial charge on any atom is 0.418 e. The van der Waals surface area contributed by atoms with Gasteiger partial charge in [-0.25, -0.2) is 4.79 Å². The first-order valence-electron chi connectivity index (χ1n) is 14.3. The van der Waals surface area contributed by atoms with Crippen LogP contribution in [0.2, 0.25) is 0 Å². The average molecular weight is 580 g/mol. The third-order valence-electron chi connectivity index (χ3n) is 9.47. The predicted molar refractivity (Wildman–Crippen MR) is 148 cm³/mol. The van der Waals surface area contributed by atoms with Crippen molar-refractivity contribution in [2.45, 2.75) is 44.3 Å². The lowest BCUT2D eigenvalue weighted by Crippen LogP contribution is -2.59. The number of pyridine rings is 1. The Bertz CT molecular complexity index is 1740. The minimum Gasteiger partial charge on any atom is -0.345 e. The monoisotopic (exact) mass is 579 g/mol. The van der Waals surface area contributed by atoms with E-state index >= 15 is 0 Å². The van der Waals surface area contributed by atoms with E-state index < -0.39 is 22.8 Å². The fourth-order valence-electron chi connectivity index (χ4n) is 7.06. The molecule has 12 heteroatoms. The fraction of sp³-hybridized carbons (Fsp3) is 0.467. The lowest BCUT2D eigenvalue weighted by Gasteiger charge is -2.46. The summed E-state index contributed by atoms with van der Waals surface area (Å²) in [5, 5.41) is 8.41. The van der Waals surface area contributed by atoms with E-state index in [0.29, 0.717) is 36.8 Å². The third-order valence-corrected chi connectivity index (χ3v) is 9.47. The molecule has 1 aromatic carbocycles. The summed E-state index contributed by atoms with van der Waals surface area (Å²) in [6, 6.07) is 8.56. The Labute approximate surface area is 240 Å². The maximum absolute atomic E-state index is 14.3. The zero-order valence-corrected chi connectivity index (χ0v) is 23.5. The van der Waals surface area contributed by atoms with Crippen LogP contribution in [-0.2, 0) is 24.6 Å². The molecule has 0 radical (unpaired) electrons. The molecule has 0 N–H and O–H groups in total. The number of benzene rings is 1. The van der Waals surface area contributed by atoms with Gasteiger partial charge in [-0.1, -0.05) is 18.6 Å². The first-order valence-corrected chi connectivity index (χ1v) is 14.3. The minimum atomic E-state index is -4.65. The topological polar surface area (TPSA) is 80.7 Å². The third kappa shape index (κ3) is 4.26. The molecule has 1 saturated carbocycles. The lowest BCUT2D eigenvalue weighted by molar-refractivity contribution is -0.144. The van der Waals surface area contributed by atoms with Crippen molar-refractivity contribution in [2.75, 3.05) is 26.7 Å². The maximum atomic E-state index is 14.3. The van der Waals surface area contributed by atoms with Crippen molar-refractivity contribution in [1.82, 2.24) is 33.5 Å². The highest BCUT2D eigenvalue weighted by atomic mass is 19.4. The molecule has 3 aromatic heterocycles. The number of alkyl halides is 3. The van der Waals surface area contributed by atoms with Crippen molar-refractivity contribution in [3.05, 3.63) is 82.1 Å². The van der Waals surface area contributed by atoms with Crippen LogP contribution in [-0.4, -0.2) is 66.1 Å². The normalized spacial score (nSPS) is 19.9. The second-order valence-electron chi connectivity index (χ2n) is 12.3. The SMILES string of the molecule is CN1CCC2(CN(Cc3cc(C(F)(F)F)c4cn(-c5cccc([C@H](c6nncn6C)C6CCC6)c5)c(=O)n4c3)C2)C1=O. The molecule has 3 fully saturated rings. The van der Waals surface area contributed by atoms with E-state index in [2.05, 4.69) is 10.2 Å². The van der Waals surface area contributed by atoms with Gasteiger partial charge < -0.3 is 9.47 Å². The number of halogens is 3. The molecule has 7 rings (SSSR count). The summed E-state index contributed by atoms with van der Waals surface area (Å²) in [7, 11) is 3.68. The van der Waals surface area contributed by atoms with Crippen molar-refractivity contribution in [3.63, 3.8) is 0 Å². The molecule has 3 aliphatic rings. The van der Waals surface area contributed by atoms with Gasteiger partial charge in [0.05, 0.1) is 22.2 Å². The molecule has 0 unspecified atom stereocenters. The van der Waals surface area contributed by atoms with Gasteiger partial charge >= 0.3 is 11.9 Å². The molecule has 42 heavy (non-hydrogen) atoms. The molecule has 4 aromatic rings. The van der Waals surface area contributed by atoms with E-state index in [9.17, 15) is 22.8 Å². The Morgan fingerprint density at radius 1 is 1.10 bits per heavy atom. The van der Waals surface area contributed by atoms with Gasteiger partial charge in [0.15, 0.2) is 0 Å². The second kappa shape index (κ2) is 9.55. The Morgan fingerprint density at radius 2 is 1.88 bits per heavy atom. The first-order chi connectivity index (χ1) is 20.0. The molecule has 1 spiro atoms. The minimum absolute atomic E-state index is 0.0253. The van der Waals surface area contributed by atoms with Gasteiger partial charge in [0.2, 0.25) is 5.91 Å². The number of likely N-dealkylation sites (tertiary alicyclic amines) is 2. The van der Waals surface area contributed by atoms with Crippen molar-refractivity contribution in [1.29, 1.82) is 0 Å². The number of carbonyl (C=O) groups is 1. The molecular weight excluding hydrogens is 547 g/mol. The number of aryl methyl sites for hydroxylation is 1. The van der Waals surface area contributed by atoms with Crippen LogP contribution in [0.5, 0.6) is 0 Å². The summed E-state index contributed by atoms with van der Waals surface area (Å²) in [5.74, 6) is 1.28. The van der Waals surface area contributed by atoms with Crippen molar-refractivity contribution in [2.24, 2.45) is 18.4 Å². The average Bonchev–Trinajstić information content (AvgIpc) is 3.56. The van der Waals surface area contributed by atoms with Crippen LogP contribution in [0, 0.1) is 11.3 Å². The van der Waals surface area contributed by atoms with Crippen LogP contribution < -0.4 is 5.69 Å². The standard InChI is InChI=1S/C30H32F3N7O2/c1-36-10-9-29(27(36)41)16-38(17-29)13-19-11-23(30(31,32)33)24-15-39(28(42)40(24)14-19)22-8-4-7-21(12-22)25(20-5-3-6-20)26-35-34-18-37(26)2/h4,7-8,11-12,14-15,18,20,25H,3,5-6,9-10,13,16-17H2,1-2H3/t25-/m1/s1. The molecular formula is C30H32F3N7O2. The predicted octanol–water partition coefficient (Wildman–Crippen LogP) is 3.83.